The number of halogens is 1. The summed E-state index contributed by atoms with van der Waals surface area (Å²) in [6.45, 7) is 1.59. The molecule has 0 aliphatic heterocycles. The molecule has 0 bridgehead atoms. The van der Waals surface area contributed by atoms with E-state index < -0.39 is 28.3 Å². The second-order valence-corrected chi connectivity index (χ2v) is 9.56. The Balaban J connectivity index is 1.69. The SMILES string of the molecule is C#CC(C)(OC(=O)c1cccc([S+](c2ccccc2)c2ccccc2)c1)c1cccc(F)c1. The van der Waals surface area contributed by atoms with Crippen LogP contribution >= 0.6 is 0 Å². The Morgan fingerprint density at radius 2 is 1.39 bits per heavy atom. The first-order valence-corrected chi connectivity index (χ1v) is 11.6. The summed E-state index contributed by atoms with van der Waals surface area (Å²) in [4.78, 5) is 16.4. The van der Waals surface area contributed by atoms with Crippen LogP contribution in [0.25, 0.3) is 0 Å². The molecule has 2 nitrogen and oxygen atoms in total. The normalized spacial score (nSPS) is 12.5. The van der Waals surface area contributed by atoms with E-state index in [1.807, 2.05) is 54.6 Å². The molecule has 0 aliphatic carbocycles. The Morgan fingerprint density at radius 1 is 0.818 bits per heavy atom. The van der Waals surface area contributed by atoms with Crippen LogP contribution in [0.3, 0.4) is 0 Å². The minimum atomic E-state index is -1.39. The molecule has 4 aromatic rings. The van der Waals surface area contributed by atoms with Crippen molar-refractivity contribution in [3.63, 3.8) is 0 Å². The summed E-state index contributed by atoms with van der Waals surface area (Å²) in [5, 5.41) is 0. The van der Waals surface area contributed by atoms with Crippen LogP contribution in [-0.4, -0.2) is 5.97 Å². The molecule has 0 aromatic heterocycles. The largest absolute Gasteiger partial charge is 0.438 e. The van der Waals surface area contributed by atoms with E-state index in [0.29, 0.717) is 11.1 Å². The molecule has 0 amide bonds. The van der Waals surface area contributed by atoms with E-state index in [0.717, 1.165) is 14.7 Å². The molecule has 0 N–H and O–H groups in total. The van der Waals surface area contributed by atoms with Gasteiger partial charge in [0.1, 0.15) is 5.82 Å². The quantitative estimate of drug-likeness (QED) is 0.186. The van der Waals surface area contributed by atoms with E-state index in [-0.39, 0.29) is 0 Å². The van der Waals surface area contributed by atoms with Gasteiger partial charge in [0, 0.05) is 11.6 Å². The van der Waals surface area contributed by atoms with Gasteiger partial charge in [-0.2, -0.15) is 0 Å². The fourth-order valence-electron chi connectivity index (χ4n) is 3.47. The van der Waals surface area contributed by atoms with Crippen molar-refractivity contribution in [1.29, 1.82) is 0 Å². The van der Waals surface area contributed by atoms with E-state index in [9.17, 15) is 9.18 Å². The van der Waals surface area contributed by atoms with Gasteiger partial charge in [-0.25, -0.2) is 9.18 Å². The Morgan fingerprint density at radius 3 is 1.97 bits per heavy atom. The lowest BCUT2D eigenvalue weighted by atomic mass is 9.96. The maximum absolute atomic E-state index is 13.8. The fourth-order valence-corrected chi connectivity index (χ4v) is 5.61. The van der Waals surface area contributed by atoms with Gasteiger partial charge in [0.25, 0.3) is 0 Å². The average molecular weight is 454 g/mol. The second kappa shape index (κ2) is 9.77. The summed E-state index contributed by atoms with van der Waals surface area (Å²) in [6, 6.07) is 33.5. The first kappa shape index (κ1) is 22.4. The smallest absolute Gasteiger partial charge is 0.340 e. The molecule has 162 valence electrons. The van der Waals surface area contributed by atoms with Gasteiger partial charge in [-0.1, -0.05) is 60.5 Å². The highest BCUT2D eigenvalue weighted by atomic mass is 32.2. The van der Waals surface area contributed by atoms with E-state index in [4.69, 9.17) is 11.2 Å². The summed E-state index contributed by atoms with van der Waals surface area (Å²) in [5.41, 5.74) is -0.604. The minimum absolute atomic E-state index is 0.384. The molecule has 0 radical (unpaired) electrons. The predicted molar refractivity (Wildman–Crippen MR) is 129 cm³/mol. The molecule has 0 saturated carbocycles. The standard InChI is InChI=1S/C29H22FO2S/c1-3-29(2,23-13-11-14-24(30)21-23)32-28(31)22-12-10-19-27(20-22)33(25-15-6-4-7-16-25)26-17-8-5-9-18-26/h1,4-21H,2H3/q+1. The third kappa shape index (κ3) is 5.00. The maximum Gasteiger partial charge on any atom is 0.340 e. The topological polar surface area (TPSA) is 26.3 Å². The number of hydrogen-bond acceptors (Lipinski definition) is 2. The third-order valence-corrected chi connectivity index (χ3v) is 7.42. The number of hydrogen-bond donors (Lipinski definition) is 0. The molecule has 0 saturated heterocycles. The summed E-state index contributed by atoms with van der Waals surface area (Å²) in [7, 11) is -0.403. The van der Waals surface area contributed by atoms with Crippen molar-refractivity contribution in [2.45, 2.75) is 27.2 Å². The highest BCUT2D eigenvalue weighted by molar-refractivity contribution is 7.97. The second-order valence-electron chi connectivity index (χ2n) is 7.54. The zero-order valence-electron chi connectivity index (χ0n) is 18.1. The highest BCUT2D eigenvalue weighted by Gasteiger charge is 2.32. The van der Waals surface area contributed by atoms with Gasteiger partial charge < -0.3 is 4.74 Å². The maximum atomic E-state index is 13.8. The molecule has 0 aliphatic rings. The van der Waals surface area contributed by atoms with Crippen LogP contribution in [0.15, 0.2) is 124 Å². The van der Waals surface area contributed by atoms with Gasteiger partial charge in [0.05, 0.1) is 16.5 Å². The number of terminal acetylenes is 1. The van der Waals surface area contributed by atoms with E-state index in [1.54, 1.807) is 25.1 Å². The van der Waals surface area contributed by atoms with Gasteiger partial charge in [0.15, 0.2) is 20.3 Å². The van der Waals surface area contributed by atoms with Crippen LogP contribution in [0.2, 0.25) is 0 Å². The lowest BCUT2D eigenvalue weighted by Crippen LogP contribution is -2.27. The van der Waals surface area contributed by atoms with Crippen LogP contribution in [-0.2, 0) is 21.2 Å². The number of rotatable bonds is 6. The highest BCUT2D eigenvalue weighted by Crippen LogP contribution is 2.32. The van der Waals surface area contributed by atoms with Crippen molar-refractivity contribution >= 4 is 16.9 Å². The number of esters is 1. The van der Waals surface area contributed by atoms with E-state index in [2.05, 4.69) is 30.2 Å². The zero-order chi connectivity index (χ0) is 23.3. The number of carbonyl (C=O) groups excluding carboxylic acids is 1. The van der Waals surface area contributed by atoms with Gasteiger partial charge in [-0.3, -0.25) is 0 Å². The molecule has 0 heterocycles. The molecule has 1 unspecified atom stereocenters. The Hall–Kier alpha value is -3.81. The first-order valence-electron chi connectivity index (χ1n) is 10.4. The van der Waals surface area contributed by atoms with Crippen molar-refractivity contribution in [3.05, 3.63) is 126 Å². The van der Waals surface area contributed by atoms with Crippen LogP contribution in [0, 0.1) is 18.2 Å². The Bertz CT molecular complexity index is 1260. The van der Waals surface area contributed by atoms with Gasteiger partial charge in [-0.05, 0) is 55.5 Å². The lowest BCUT2D eigenvalue weighted by Gasteiger charge is -2.24. The number of ether oxygens (including phenoxy) is 1. The van der Waals surface area contributed by atoms with Gasteiger partial charge in [-0.15, -0.1) is 6.42 Å². The van der Waals surface area contributed by atoms with Crippen molar-refractivity contribution in [3.8, 4) is 12.3 Å². The molecule has 33 heavy (non-hydrogen) atoms. The Labute approximate surface area is 196 Å². The number of benzene rings is 4. The molecule has 0 fully saturated rings. The monoisotopic (exact) mass is 453 g/mol. The number of carbonyl (C=O) groups is 1. The molecule has 4 rings (SSSR count). The molecule has 1 atom stereocenters. The fraction of sp³-hybridized carbons (Fsp3) is 0.0690. The van der Waals surface area contributed by atoms with Crippen LogP contribution < -0.4 is 0 Å². The molecular weight excluding hydrogens is 431 g/mol. The summed E-state index contributed by atoms with van der Waals surface area (Å²) < 4.78 is 19.5. The van der Waals surface area contributed by atoms with E-state index in [1.165, 1.54) is 12.1 Å². The third-order valence-electron chi connectivity index (χ3n) is 5.21. The van der Waals surface area contributed by atoms with Gasteiger partial charge in [0.2, 0.25) is 0 Å². The van der Waals surface area contributed by atoms with Crippen LogP contribution in [0.4, 0.5) is 4.39 Å². The summed E-state index contributed by atoms with van der Waals surface area (Å²) in [5.74, 6) is 1.50. The van der Waals surface area contributed by atoms with Crippen molar-refractivity contribution in [1.82, 2.24) is 0 Å². The minimum Gasteiger partial charge on any atom is -0.438 e. The Kier molecular flexibility index (Phi) is 6.63. The molecule has 0 spiro atoms. The van der Waals surface area contributed by atoms with Crippen molar-refractivity contribution < 1.29 is 13.9 Å². The molecule has 4 aromatic carbocycles. The van der Waals surface area contributed by atoms with Crippen LogP contribution in [0.5, 0.6) is 0 Å². The summed E-state index contributed by atoms with van der Waals surface area (Å²) in [6.07, 6.45) is 5.70. The van der Waals surface area contributed by atoms with Crippen molar-refractivity contribution in [2.24, 2.45) is 0 Å². The van der Waals surface area contributed by atoms with Crippen LogP contribution in [0.1, 0.15) is 22.8 Å². The summed E-state index contributed by atoms with van der Waals surface area (Å²) >= 11 is 0. The average Bonchev–Trinajstić information content (AvgIpc) is 2.85. The first-order chi connectivity index (χ1) is 16.0. The molecular formula is C29H22FO2S+. The van der Waals surface area contributed by atoms with Crippen molar-refractivity contribution in [2.75, 3.05) is 0 Å². The molecule has 4 heteroatoms. The zero-order valence-corrected chi connectivity index (χ0v) is 18.9. The van der Waals surface area contributed by atoms with Gasteiger partial charge >= 0.3 is 5.97 Å². The van der Waals surface area contributed by atoms with E-state index >= 15 is 0 Å². The predicted octanol–water partition coefficient (Wildman–Crippen LogP) is 6.63. The lowest BCUT2D eigenvalue weighted by molar-refractivity contribution is 0.0128.